The molecule has 1 fully saturated rings. The Kier molecular flexibility index (Phi) is 7.80. The second kappa shape index (κ2) is 11.2. The molecule has 1 saturated heterocycles. The summed E-state index contributed by atoms with van der Waals surface area (Å²) in [6.45, 7) is 1.08. The predicted octanol–water partition coefficient (Wildman–Crippen LogP) is 3.44. The standard InChI is InChI=1S/C26H30N2O6/c29-23(28-22-13-15-33-24(22)25(30)31)12-2-1-7-14-27-26(32)34-16-21-19-10-5-3-8-17(19)18-9-4-6-11-20(18)21/h3-6,8-11,21-22,24H,1-2,7,12-16H2,(H,27,32)(H,28,29)(H,30,31)/t22-,24+/m0/s1. The lowest BCUT2D eigenvalue weighted by Crippen LogP contribution is -2.44. The van der Waals surface area contributed by atoms with Gasteiger partial charge in [0.15, 0.2) is 6.10 Å². The third kappa shape index (κ3) is 5.56. The number of nitrogens with one attached hydrogen (secondary N) is 2. The van der Waals surface area contributed by atoms with Crippen molar-refractivity contribution >= 4 is 18.0 Å². The van der Waals surface area contributed by atoms with Gasteiger partial charge in [0.25, 0.3) is 0 Å². The number of carbonyl (C=O) groups is 3. The van der Waals surface area contributed by atoms with Gasteiger partial charge < -0.3 is 25.2 Å². The average molecular weight is 467 g/mol. The predicted molar refractivity (Wildman–Crippen MR) is 125 cm³/mol. The van der Waals surface area contributed by atoms with E-state index in [-0.39, 0.29) is 18.4 Å². The minimum Gasteiger partial charge on any atom is -0.479 e. The maximum atomic E-state index is 12.2. The van der Waals surface area contributed by atoms with Crippen LogP contribution in [0.15, 0.2) is 48.5 Å². The molecule has 2 aromatic rings. The van der Waals surface area contributed by atoms with E-state index in [1.165, 1.54) is 22.3 Å². The molecule has 0 bridgehead atoms. The number of hydrogen-bond donors (Lipinski definition) is 3. The molecule has 3 N–H and O–H groups in total. The van der Waals surface area contributed by atoms with Gasteiger partial charge in [-0.1, -0.05) is 55.0 Å². The summed E-state index contributed by atoms with van der Waals surface area (Å²) in [5, 5.41) is 14.6. The first-order chi connectivity index (χ1) is 16.5. The molecule has 1 aliphatic carbocycles. The normalized spacial score (nSPS) is 18.7. The SMILES string of the molecule is O=C(CCCCCNC(=O)OCC1c2ccccc2-c2ccccc21)N[C@H]1CCO[C@H]1C(=O)O. The van der Waals surface area contributed by atoms with Crippen LogP contribution in [0.1, 0.15) is 49.1 Å². The molecule has 2 amide bonds. The number of alkyl carbamates (subject to hydrolysis) is 1. The van der Waals surface area contributed by atoms with Gasteiger partial charge >= 0.3 is 12.1 Å². The van der Waals surface area contributed by atoms with Crippen molar-refractivity contribution < 1.29 is 29.0 Å². The van der Waals surface area contributed by atoms with Gasteiger partial charge in [-0.3, -0.25) is 4.79 Å². The van der Waals surface area contributed by atoms with Gasteiger partial charge in [-0.2, -0.15) is 0 Å². The number of amides is 2. The van der Waals surface area contributed by atoms with Crippen molar-refractivity contribution in [3.63, 3.8) is 0 Å². The number of rotatable bonds is 10. The highest BCUT2D eigenvalue weighted by molar-refractivity contribution is 5.80. The molecule has 180 valence electrons. The average Bonchev–Trinajstić information content (AvgIpc) is 3.42. The Labute approximate surface area is 198 Å². The van der Waals surface area contributed by atoms with Gasteiger partial charge in [-0.05, 0) is 41.5 Å². The Balaban J connectivity index is 1.12. The minimum atomic E-state index is -1.05. The van der Waals surface area contributed by atoms with Crippen LogP contribution in [0.4, 0.5) is 4.79 Å². The Hall–Kier alpha value is -3.39. The topological polar surface area (TPSA) is 114 Å². The van der Waals surface area contributed by atoms with Crippen LogP contribution in [-0.2, 0) is 19.1 Å². The first-order valence-corrected chi connectivity index (χ1v) is 11.8. The molecule has 1 aliphatic heterocycles. The van der Waals surface area contributed by atoms with Gasteiger partial charge in [0.05, 0.1) is 6.04 Å². The number of aliphatic carboxylic acids is 1. The van der Waals surface area contributed by atoms with E-state index in [1.54, 1.807) is 0 Å². The zero-order valence-electron chi connectivity index (χ0n) is 19.0. The number of carboxylic acids is 1. The molecule has 8 heteroatoms. The highest BCUT2D eigenvalue weighted by Gasteiger charge is 2.35. The fourth-order valence-corrected chi connectivity index (χ4v) is 4.69. The van der Waals surface area contributed by atoms with E-state index in [0.29, 0.717) is 32.4 Å². The number of benzene rings is 2. The fourth-order valence-electron chi connectivity index (χ4n) is 4.69. The zero-order valence-corrected chi connectivity index (χ0v) is 19.0. The van der Waals surface area contributed by atoms with E-state index in [2.05, 4.69) is 34.9 Å². The highest BCUT2D eigenvalue weighted by Crippen LogP contribution is 2.44. The first-order valence-electron chi connectivity index (χ1n) is 11.8. The largest absolute Gasteiger partial charge is 0.479 e. The number of carbonyl (C=O) groups excluding carboxylic acids is 2. The van der Waals surface area contributed by atoms with Crippen molar-refractivity contribution in [1.29, 1.82) is 0 Å². The van der Waals surface area contributed by atoms with Crippen molar-refractivity contribution in [3.8, 4) is 11.1 Å². The number of hydrogen-bond acceptors (Lipinski definition) is 5. The molecule has 2 aliphatic rings. The summed E-state index contributed by atoms with van der Waals surface area (Å²) in [7, 11) is 0. The van der Waals surface area contributed by atoms with E-state index in [4.69, 9.17) is 14.6 Å². The van der Waals surface area contributed by atoms with Crippen molar-refractivity contribution in [2.75, 3.05) is 19.8 Å². The molecule has 2 atom stereocenters. The van der Waals surface area contributed by atoms with Crippen LogP contribution in [0.5, 0.6) is 0 Å². The molecule has 0 aromatic heterocycles. The van der Waals surface area contributed by atoms with Gasteiger partial charge in [-0.15, -0.1) is 0 Å². The summed E-state index contributed by atoms with van der Waals surface area (Å²) >= 11 is 0. The molecule has 0 saturated carbocycles. The second-order valence-corrected chi connectivity index (χ2v) is 8.66. The number of carboxylic acid groups (broad SMARTS) is 1. The second-order valence-electron chi connectivity index (χ2n) is 8.66. The van der Waals surface area contributed by atoms with Crippen LogP contribution < -0.4 is 10.6 Å². The van der Waals surface area contributed by atoms with E-state index in [0.717, 1.165) is 12.8 Å². The number of fused-ring (bicyclic) bond motifs is 3. The lowest BCUT2D eigenvalue weighted by Gasteiger charge is -2.16. The first kappa shape index (κ1) is 23.8. The maximum Gasteiger partial charge on any atom is 0.407 e. The van der Waals surface area contributed by atoms with Crippen LogP contribution in [0, 0.1) is 0 Å². The number of unbranched alkanes of at least 4 members (excludes halogenated alkanes) is 2. The number of ether oxygens (including phenoxy) is 2. The van der Waals surface area contributed by atoms with Gasteiger partial charge in [-0.25, -0.2) is 9.59 Å². The van der Waals surface area contributed by atoms with Gasteiger partial charge in [0, 0.05) is 25.5 Å². The van der Waals surface area contributed by atoms with Crippen molar-refractivity contribution in [1.82, 2.24) is 10.6 Å². The smallest absolute Gasteiger partial charge is 0.407 e. The Morgan fingerprint density at radius 1 is 0.971 bits per heavy atom. The van der Waals surface area contributed by atoms with E-state index in [9.17, 15) is 14.4 Å². The molecule has 0 unspecified atom stereocenters. The molecule has 1 heterocycles. The molecule has 34 heavy (non-hydrogen) atoms. The summed E-state index contributed by atoms with van der Waals surface area (Å²) < 4.78 is 10.6. The van der Waals surface area contributed by atoms with Crippen LogP contribution >= 0.6 is 0 Å². The lowest BCUT2D eigenvalue weighted by atomic mass is 9.98. The Bertz CT molecular complexity index is 994. The molecule has 0 spiro atoms. The maximum absolute atomic E-state index is 12.2. The Morgan fingerprint density at radius 3 is 2.32 bits per heavy atom. The fraction of sp³-hybridized carbons (Fsp3) is 0.423. The molecule has 0 radical (unpaired) electrons. The summed E-state index contributed by atoms with van der Waals surface area (Å²) in [6.07, 6.45) is 1.55. The summed E-state index contributed by atoms with van der Waals surface area (Å²) in [5.41, 5.74) is 4.73. The summed E-state index contributed by atoms with van der Waals surface area (Å²) in [6, 6.07) is 15.9. The van der Waals surface area contributed by atoms with Crippen molar-refractivity contribution in [2.24, 2.45) is 0 Å². The van der Waals surface area contributed by atoms with E-state index in [1.807, 2.05) is 24.3 Å². The van der Waals surface area contributed by atoms with Crippen LogP contribution in [0.25, 0.3) is 11.1 Å². The van der Waals surface area contributed by atoms with E-state index >= 15 is 0 Å². The van der Waals surface area contributed by atoms with E-state index < -0.39 is 24.2 Å². The molecule has 8 nitrogen and oxygen atoms in total. The van der Waals surface area contributed by atoms with Gasteiger partial charge in [0.1, 0.15) is 6.61 Å². The minimum absolute atomic E-state index is 0.0302. The third-order valence-corrected chi connectivity index (χ3v) is 6.38. The quantitative estimate of drug-likeness (QED) is 0.462. The monoisotopic (exact) mass is 466 g/mol. The van der Waals surface area contributed by atoms with Crippen LogP contribution in [0.3, 0.4) is 0 Å². The summed E-state index contributed by atoms with van der Waals surface area (Å²) in [4.78, 5) is 35.3. The van der Waals surface area contributed by atoms with Crippen molar-refractivity contribution in [2.45, 2.75) is 50.2 Å². The molecular weight excluding hydrogens is 436 g/mol. The van der Waals surface area contributed by atoms with Crippen LogP contribution in [0.2, 0.25) is 0 Å². The lowest BCUT2D eigenvalue weighted by molar-refractivity contribution is -0.148. The molecule has 4 rings (SSSR count). The van der Waals surface area contributed by atoms with Gasteiger partial charge in [0.2, 0.25) is 5.91 Å². The van der Waals surface area contributed by atoms with Crippen LogP contribution in [-0.4, -0.2) is 55.0 Å². The summed E-state index contributed by atoms with van der Waals surface area (Å²) in [5.74, 6) is -1.20. The third-order valence-electron chi connectivity index (χ3n) is 6.38. The Morgan fingerprint density at radius 2 is 1.65 bits per heavy atom. The highest BCUT2D eigenvalue weighted by atomic mass is 16.5. The van der Waals surface area contributed by atoms with Crippen molar-refractivity contribution in [3.05, 3.63) is 59.7 Å². The zero-order chi connectivity index (χ0) is 23.9. The molecule has 2 aromatic carbocycles. The molecular formula is C26H30N2O6.